The normalized spacial score (nSPS) is 13.4. The minimum Gasteiger partial charge on any atom is -0.329 e. The van der Waals surface area contributed by atoms with E-state index in [9.17, 15) is 0 Å². The van der Waals surface area contributed by atoms with Crippen LogP contribution in [0, 0.1) is 5.92 Å². The number of halogens is 2. The predicted octanol–water partition coefficient (Wildman–Crippen LogP) is 3.73. The van der Waals surface area contributed by atoms with Gasteiger partial charge < -0.3 is 10.6 Å². The summed E-state index contributed by atoms with van der Waals surface area (Å²) in [6.45, 7) is 8.28. The molecular formula is C16H27Br2N3. The highest BCUT2D eigenvalue weighted by Crippen LogP contribution is 2.29. The van der Waals surface area contributed by atoms with Crippen LogP contribution in [0.25, 0.3) is 0 Å². The van der Waals surface area contributed by atoms with Crippen LogP contribution in [-0.2, 0) is 0 Å². The Morgan fingerprint density at radius 1 is 1.10 bits per heavy atom. The predicted molar refractivity (Wildman–Crippen MR) is 98.6 cm³/mol. The van der Waals surface area contributed by atoms with E-state index in [-0.39, 0.29) is 6.04 Å². The molecule has 0 aliphatic rings. The molecule has 2 N–H and O–H groups in total. The van der Waals surface area contributed by atoms with Crippen molar-refractivity contribution in [2.45, 2.75) is 19.9 Å². The summed E-state index contributed by atoms with van der Waals surface area (Å²) in [4.78, 5) is 4.72. The smallest absolute Gasteiger partial charge is 0.0471 e. The SMILES string of the molecule is CC(C)CN(CCN(C)C)C(CN)c1ccc(Br)c(Br)c1. The van der Waals surface area contributed by atoms with Crippen molar-refractivity contribution in [2.75, 3.05) is 40.3 Å². The molecule has 1 aromatic carbocycles. The molecule has 0 fully saturated rings. The zero-order valence-electron chi connectivity index (χ0n) is 13.4. The molecule has 0 spiro atoms. The lowest BCUT2D eigenvalue weighted by Gasteiger charge is -2.33. The van der Waals surface area contributed by atoms with E-state index in [0.717, 1.165) is 28.6 Å². The molecule has 1 unspecified atom stereocenters. The molecule has 0 saturated heterocycles. The molecule has 0 radical (unpaired) electrons. The maximum Gasteiger partial charge on any atom is 0.0471 e. The minimum absolute atomic E-state index is 0.261. The first kappa shape index (κ1) is 19.1. The van der Waals surface area contributed by atoms with Crippen LogP contribution in [0.3, 0.4) is 0 Å². The molecule has 1 aromatic rings. The Balaban J connectivity index is 2.95. The Hall–Kier alpha value is 0.0600. The molecule has 0 heterocycles. The Morgan fingerprint density at radius 2 is 1.76 bits per heavy atom. The van der Waals surface area contributed by atoms with Crippen LogP contribution in [-0.4, -0.2) is 50.1 Å². The summed E-state index contributed by atoms with van der Waals surface area (Å²) < 4.78 is 2.15. The molecule has 0 aliphatic carbocycles. The molecule has 0 aromatic heterocycles. The van der Waals surface area contributed by atoms with Gasteiger partial charge in [-0.05, 0) is 69.6 Å². The first-order chi connectivity index (χ1) is 9.85. The minimum atomic E-state index is 0.261. The fourth-order valence-electron chi connectivity index (χ4n) is 2.39. The molecule has 1 atom stereocenters. The molecule has 3 nitrogen and oxygen atoms in total. The van der Waals surface area contributed by atoms with Crippen LogP contribution in [0.5, 0.6) is 0 Å². The summed E-state index contributed by atoms with van der Waals surface area (Å²) in [6.07, 6.45) is 0. The molecular weight excluding hydrogens is 394 g/mol. The third-order valence-corrected chi connectivity index (χ3v) is 5.31. The average Bonchev–Trinajstić information content (AvgIpc) is 2.40. The maximum absolute atomic E-state index is 6.09. The molecule has 0 saturated carbocycles. The van der Waals surface area contributed by atoms with Crippen LogP contribution < -0.4 is 5.73 Å². The van der Waals surface area contributed by atoms with Crippen molar-refractivity contribution in [3.63, 3.8) is 0 Å². The highest BCUT2D eigenvalue weighted by atomic mass is 79.9. The summed E-state index contributed by atoms with van der Waals surface area (Å²) in [5.41, 5.74) is 7.36. The van der Waals surface area contributed by atoms with E-state index in [1.54, 1.807) is 0 Å². The Bertz CT molecular complexity index is 436. The lowest BCUT2D eigenvalue weighted by Crippen LogP contribution is -2.40. The molecule has 120 valence electrons. The third-order valence-electron chi connectivity index (χ3n) is 3.43. The van der Waals surface area contributed by atoms with Crippen molar-refractivity contribution < 1.29 is 0 Å². The second kappa shape index (κ2) is 9.26. The van der Waals surface area contributed by atoms with Gasteiger partial charge in [0.1, 0.15) is 0 Å². The van der Waals surface area contributed by atoms with E-state index in [1.807, 2.05) is 0 Å². The monoisotopic (exact) mass is 419 g/mol. The van der Waals surface area contributed by atoms with Gasteiger partial charge in [-0.1, -0.05) is 19.9 Å². The Morgan fingerprint density at radius 3 is 2.24 bits per heavy atom. The van der Waals surface area contributed by atoms with E-state index >= 15 is 0 Å². The van der Waals surface area contributed by atoms with Gasteiger partial charge in [-0.3, -0.25) is 4.90 Å². The molecule has 0 bridgehead atoms. The second-order valence-electron chi connectivity index (χ2n) is 6.12. The fourth-order valence-corrected chi connectivity index (χ4v) is 3.03. The van der Waals surface area contributed by atoms with E-state index < -0.39 is 0 Å². The van der Waals surface area contributed by atoms with Crippen molar-refractivity contribution in [2.24, 2.45) is 11.7 Å². The van der Waals surface area contributed by atoms with Gasteiger partial charge in [-0.15, -0.1) is 0 Å². The van der Waals surface area contributed by atoms with Gasteiger partial charge in [0.15, 0.2) is 0 Å². The highest BCUT2D eigenvalue weighted by molar-refractivity contribution is 9.13. The van der Waals surface area contributed by atoms with E-state index in [4.69, 9.17) is 5.73 Å². The number of benzene rings is 1. The third kappa shape index (κ3) is 6.37. The Labute approximate surface area is 146 Å². The van der Waals surface area contributed by atoms with Crippen LogP contribution >= 0.6 is 31.9 Å². The summed E-state index contributed by atoms with van der Waals surface area (Å²) in [5, 5.41) is 0. The van der Waals surface area contributed by atoms with Crippen molar-refractivity contribution in [1.82, 2.24) is 9.80 Å². The lowest BCUT2D eigenvalue weighted by molar-refractivity contribution is 0.163. The largest absolute Gasteiger partial charge is 0.329 e. The molecule has 1 rings (SSSR count). The second-order valence-corrected chi connectivity index (χ2v) is 7.83. The summed E-state index contributed by atoms with van der Waals surface area (Å²) >= 11 is 7.12. The van der Waals surface area contributed by atoms with E-state index in [0.29, 0.717) is 12.5 Å². The van der Waals surface area contributed by atoms with Gasteiger partial charge in [0.05, 0.1) is 0 Å². The quantitative estimate of drug-likeness (QED) is 0.695. The van der Waals surface area contributed by atoms with Gasteiger partial charge in [-0.2, -0.15) is 0 Å². The van der Waals surface area contributed by atoms with Crippen molar-refractivity contribution in [3.8, 4) is 0 Å². The van der Waals surface area contributed by atoms with Crippen molar-refractivity contribution in [1.29, 1.82) is 0 Å². The molecule has 0 aliphatic heterocycles. The van der Waals surface area contributed by atoms with Gasteiger partial charge >= 0.3 is 0 Å². The highest BCUT2D eigenvalue weighted by Gasteiger charge is 2.20. The number of hydrogen-bond acceptors (Lipinski definition) is 3. The molecule has 21 heavy (non-hydrogen) atoms. The van der Waals surface area contributed by atoms with Gasteiger partial charge in [0.25, 0.3) is 0 Å². The summed E-state index contributed by atoms with van der Waals surface area (Å²) in [5.74, 6) is 0.625. The van der Waals surface area contributed by atoms with E-state index in [1.165, 1.54) is 5.56 Å². The van der Waals surface area contributed by atoms with Gasteiger partial charge in [-0.25, -0.2) is 0 Å². The van der Waals surface area contributed by atoms with Crippen LogP contribution in [0.15, 0.2) is 27.1 Å². The van der Waals surface area contributed by atoms with E-state index in [2.05, 4.69) is 87.8 Å². The number of nitrogens with two attached hydrogens (primary N) is 1. The fraction of sp³-hybridized carbons (Fsp3) is 0.625. The van der Waals surface area contributed by atoms with Crippen LogP contribution in [0.4, 0.5) is 0 Å². The average molecular weight is 421 g/mol. The molecule has 0 amide bonds. The maximum atomic E-state index is 6.09. The van der Waals surface area contributed by atoms with Crippen LogP contribution in [0.2, 0.25) is 0 Å². The number of likely N-dealkylation sites (N-methyl/N-ethyl adjacent to an activating group) is 1. The Kier molecular flexibility index (Phi) is 8.42. The van der Waals surface area contributed by atoms with Crippen molar-refractivity contribution >= 4 is 31.9 Å². The first-order valence-corrected chi connectivity index (χ1v) is 8.97. The topological polar surface area (TPSA) is 32.5 Å². The standard InChI is InChI=1S/C16H27Br2N3/c1-12(2)11-21(8-7-20(3)4)16(10-19)13-5-6-14(17)15(18)9-13/h5-6,9,12,16H,7-8,10-11,19H2,1-4H3. The first-order valence-electron chi connectivity index (χ1n) is 7.39. The van der Waals surface area contributed by atoms with Gasteiger partial charge in [0, 0.05) is 41.2 Å². The number of rotatable bonds is 8. The molecule has 5 heteroatoms. The lowest BCUT2D eigenvalue weighted by atomic mass is 10.0. The van der Waals surface area contributed by atoms with Crippen LogP contribution in [0.1, 0.15) is 25.5 Å². The van der Waals surface area contributed by atoms with Crippen molar-refractivity contribution in [3.05, 3.63) is 32.7 Å². The number of hydrogen-bond donors (Lipinski definition) is 1. The zero-order chi connectivity index (χ0) is 16.0. The zero-order valence-corrected chi connectivity index (χ0v) is 16.6. The summed E-state index contributed by atoms with van der Waals surface area (Å²) in [7, 11) is 4.22. The summed E-state index contributed by atoms with van der Waals surface area (Å²) in [6, 6.07) is 6.68. The van der Waals surface area contributed by atoms with Gasteiger partial charge in [0.2, 0.25) is 0 Å². The number of nitrogens with zero attached hydrogens (tertiary/aromatic N) is 2.